The van der Waals surface area contributed by atoms with Crippen LogP contribution in [0.4, 0.5) is 23.3 Å². The summed E-state index contributed by atoms with van der Waals surface area (Å²) < 4.78 is 32.1. The highest BCUT2D eigenvalue weighted by Gasteiger charge is 2.49. The number of fused-ring (bicyclic) bond motifs is 28. The zero-order valence-electron chi connectivity index (χ0n) is 55.6. The first-order chi connectivity index (χ1) is 50.5. The lowest BCUT2D eigenvalue weighted by atomic mass is 10.1. The van der Waals surface area contributed by atoms with Gasteiger partial charge in [0.05, 0.1) is 0 Å². The number of hydrogen-bond acceptors (Lipinski definition) is 15. The van der Waals surface area contributed by atoms with Gasteiger partial charge in [-0.05, 0) is 60.8 Å². The summed E-state index contributed by atoms with van der Waals surface area (Å²) in [6, 6.07) is 83.0. The molecule has 0 aliphatic carbocycles. The number of aromatic nitrogens is 4. The molecule has 0 atom stereocenters. The van der Waals surface area contributed by atoms with Gasteiger partial charge < -0.3 is 25.9 Å². The van der Waals surface area contributed by atoms with Crippen molar-refractivity contribution >= 4 is 170 Å². The molecule has 4 aromatic heterocycles. The molecule has 10 aromatic carbocycles. The van der Waals surface area contributed by atoms with Crippen LogP contribution < -0.4 is 37.1 Å². The van der Waals surface area contributed by atoms with Crippen molar-refractivity contribution in [1.29, 1.82) is 0 Å². The van der Waals surface area contributed by atoms with E-state index in [1.807, 2.05) is 72.8 Å². The standard InChI is InChI=1S/2C32H16N8.C16H20O3Si2.2Al/c2*1-2-10-18-17(9-1)25-33-26(18)38-28-21-13-5-6-14-22(21)30(35-28)40-32-24-16-8-7-15-23(24)31(36-32)39-29-20-12-4-3-11-19(20)27(34-29)37-25;1-20(2,17)15-9-5-13(6-10-15)19-14-7-11-16(12-8-14)21(3,4)18;;/h2*1-16H;5-12H,1-4H3;;/q3*-2;2*+3. The summed E-state index contributed by atoms with van der Waals surface area (Å²) in [6.45, 7) is 9.04. The summed E-state index contributed by atoms with van der Waals surface area (Å²) in [5.74, 6) is 8.73. The highest BCUT2D eigenvalue weighted by molar-refractivity contribution is 6.89. The number of nitrogens with zero attached hydrogens (tertiary/aromatic N) is 16. The maximum atomic E-state index is 8.12. The van der Waals surface area contributed by atoms with Gasteiger partial charge in [-0.2, -0.15) is 0 Å². The summed E-state index contributed by atoms with van der Waals surface area (Å²) in [5, 5.41) is 9.46. The average Bonchev–Trinajstić information content (AvgIpc) is 1.56. The van der Waals surface area contributed by atoms with Crippen LogP contribution in [0.1, 0.15) is 44.5 Å². The number of rotatable bonds is 8. The van der Waals surface area contributed by atoms with E-state index in [1.165, 1.54) is 0 Å². The minimum Gasteiger partial charge on any atom is -0.506 e. The average molecular weight is 1400 g/mol. The second kappa shape index (κ2) is 21.8. The SMILES string of the molecule is C[Si](C)([O][Al]1[n]2c3c4ccccc4c2N=C2N=C(N=c4c5ccccc5c([n]41)=NC1=NC(=N3)c3ccccc31)c1ccccc12)c1ccc(Oc2ccc([Si](C)(C)[O][Al]3[n]4c5c6ccccc6c4N=C4N=C(N=c6c7ccccc7c([n]63)=NC3=NC(=N5)c5ccccc53)c3ccccc34)cc2)cc1. The second-order valence-corrected chi connectivity index (χ2v) is 39.9. The lowest BCUT2D eigenvalue weighted by Crippen LogP contribution is -2.57. The molecule has 12 bridgehead atoms. The van der Waals surface area contributed by atoms with Gasteiger partial charge in [0.15, 0.2) is 63.3 Å². The van der Waals surface area contributed by atoms with Gasteiger partial charge in [0.2, 0.25) is 0 Å². The Morgan fingerprint density at radius 1 is 0.233 bits per heavy atom. The first-order valence-electron chi connectivity index (χ1n) is 34.2. The Kier molecular flexibility index (Phi) is 12.5. The van der Waals surface area contributed by atoms with Crippen LogP contribution in [0.25, 0.3) is 43.1 Å². The fourth-order valence-corrected chi connectivity index (χ4v) is 28.3. The van der Waals surface area contributed by atoms with Gasteiger partial charge in [0.1, 0.15) is 56.7 Å². The molecule has 0 spiro atoms. The molecular weight excluding hydrogens is 1340 g/mol. The molecule has 12 heterocycles. The molecule has 0 unspecified atom stereocenters. The van der Waals surface area contributed by atoms with Gasteiger partial charge in [-0.25, -0.2) is 59.9 Å². The Hall–Kier alpha value is -11.9. The summed E-state index contributed by atoms with van der Waals surface area (Å²) in [7, 11) is -6.01. The Morgan fingerprint density at radius 3 is 0.689 bits per heavy atom. The predicted molar refractivity (Wildman–Crippen MR) is 412 cm³/mol. The molecule has 0 fully saturated rings. The molecule has 23 heteroatoms. The van der Waals surface area contributed by atoms with E-state index in [0.717, 1.165) is 98.0 Å². The number of ether oxygens (including phenoxy) is 1. The summed E-state index contributed by atoms with van der Waals surface area (Å²) in [6.07, 6.45) is 0. The van der Waals surface area contributed by atoms with Crippen LogP contribution in [-0.2, 0) is 6.96 Å². The zero-order chi connectivity index (χ0) is 68.1. The van der Waals surface area contributed by atoms with Crippen molar-refractivity contribution in [2.45, 2.75) is 26.2 Å². The first-order valence-corrected chi connectivity index (χ1v) is 43.1. The molecule has 0 amide bonds. The van der Waals surface area contributed by atoms with Gasteiger partial charge >= 0.3 is 29.8 Å². The summed E-state index contributed by atoms with van der Waals surface area (Å²) in [4.78, 5) is 65.6. The van der Waals surface area contributed by atoms with Crippen molar-refractivity contribution in [3.05, 3.63) is 309 Å². The second-order valence-electron chi connectivity index (χ2n) is 27.4. The van der Waals surface area contributed by atoms with E-state index in [2.05, 4.69) is 210 Å². The van der Waals surface area contributed by atoms with Crippen molar-refractivity contribution in [1.82, 2.24) is 14.2 Å². The molecule has 14 aromatic rings. The molecule has 8 aliphatic rings. The Morgan fingerprint density at radius 2 is 0.447 bits per heavy atom. The fraction of sp³-hybridized carbons (Fsp3) is 0.0500. The van der Waals surface area contributed by atoms with Gasteiger partial charge in [-0.3, -0.25) is 0 Å². The minimum absolute atomic E-state index is 0.574. The van der Waals surface area contributed by atoms with Gasteiger partial charge in [0, 0.05) is 87.6 Å². The number of hydrogen-bond donors (Lipinski definition) is 0. The van der Waals surface area contributed by atoms with Crippen molar-refractivity contribution in [2.75, 3.05) is 0 Å². The van der Waals surface area contributed by atoms with E-state index in [0.29, 0.717) is 103 Å². The number of benzene rings is 10. The van der Waals surface area contributed by atoms with Crippen LogP contribution in [0.2, 0.25) is 26.2 Å². The molecule has 19 nitrogen and oxygen atoms in total. The summed E-state index contributed by atoms with van der Waals surface area (Å²) >= 11 is -6.42. The maximum Gasteiger partial charge on any atom is 0.798 e. The van der Waals surface area contributed by atoms with Crippen LogP contribution in [-0.4, -0.2) is 107 Å². The zero-order valence-corrected chi connectivity index (χ0v) is 59.9. The van der Waals surface area contributed by atoms with Crippen molar-refractivity contribution < 1.29 is 11.7 Å². The number of aliphatic imine (C=N–C) groups is 8. The summed E-state index contributed by atoms with van der Waals surface area (Å²) in [5.41, 5.74) is 9.99. The van der Waals surface area contributed by atoms with E-state index < -0.39 is 46.5 Å². The smallest absolute Gasteiger partial charge is 0.506 e. The third kappa shape index (κ3) is 8.80. The molecule has 8 aliphatic heterocycles. The lowest BCUT2D eigenvalue weighted by molar-refractivity contribution is 0.483. The minimum atomic E-state index is -3.21. The fourth-order valence-electron chi connectivity index (χ4n) is 15.6. The van der Waals surface area contributed by atoms with Crippen molar-refractivity contribution in [3.63, 3.8) is 0 Å². The van der Waals surface area contributed by atoms with E-state index in [4.69, 9.17) is 71.6 Å². The first kappa shape index (κ1) is 58.9. The Balaban J connectivity index is 0.645. The third-order valence-corrected chi connectivity index (χ3v) is 34.2. The normalized spacial score (nSPS) is 15.4. The highest BCUT2D eigenvalue weighted by atomic mass is 28.4. The third-order valence-electron chi connectivity index (χ3n) is 20.7. The van der Waals surface area contributed by atoms with Gasteiger partial charge in [-0.1, -0.05) is 218 Å². The van der Waals surface area contributed by atoms with Crippen LogP contribution in [0.5, 0.6) is 11.5 Å². The van der Waals surface area contributed by atoms with E-state index in [9.17, 15) is 0 Å². The van der Waals surface area contributed by atoms with E-state index in [1.54, 1.807) is 0 Å². The largest absolute Gasteiger partial charge is 0.798 e. The van der Waals surface area contributed by atoms with E-state index in [-0.39, 0.29) is 0 Å². The lowest BCUT2D eigenvalue weighted by Gasteiger charge is -2.30. The number of amidine groups is 8. The van der Waals surface area contributed by atoms with Crippen LogP contribution in [0, 0.1) is 0 Å². The highest BCUT2D eigenvalue weighted by Crippen LogP contribution is 2.44. The topological polar surface area (TPSA) is 196 Å². The molecule has 0 saturated heterocycles. The molecular formula is C80H52Al2N16O3Si2. The molecule has 0 saturated carbocycles. The molecule has 484 valence electrons. The van der Waals surface area contributed by atoms with Gasteiger partial charge in [-0.15, -0.1) is 0 Å². The van der Waals surface area contributed by atoms with Crippen LogP contribution in [0.3, 0.4) is 0 Å². The van der Waals surface area contributed by atoms with Crippen molar-refractivity contribution in [2.24, 2.45) is 59.9 Å². The monoisotopic (exact) mass is 1390 g/mol. The van der Waals surface area contributed by atoms with Crippen LogP contribution in [0.15, 0.2) is 303 Å². The van der Waals surface area contributed by atoms with Crippen molar-refractivity contribution in [3.8, 4) is 11.5 Å². The molecule has 0 N–H and O–H groups in total. The Bertz CT molecular complexity index is 6080. The maximum absolute atomic E-state index is 8.12. The molecule has 103 heavy (non-hydrogen) atoms. The van der Waals surface area contributed by atoms with E-state index >= 15 is 0 Å². The van der Waals surface area contributed by atoms with Crippen LogP contribution >= 0.6 is 0 Å². The predicted octanol–water partition coefficient (Wildman–Crippen LogP) is 12.2. The van der Waals surface area contributed by atoms with Gasteiger partial charge in [0.25, 0.3) is 0 Å². The quantitative estimate of drug-likeness (QED) is 0.137. The molecule has 0 radical (unpaired) electrons. The Labute approximate surface area is 598 Å². The molecule has 22 rings (SSSR count).